The fourth-order valence-corrected chi connectivity index (χ4v) is 0.727. The van der Waals surface area contributed by atoms with E-state index in [-0.39, 0.29) is 0 Å². The summed E-state index contributed by atoms with van der Waals surface area (Å²) >= 11 is 0. The van der Waals surface area contributed by atoms with Crippen LogP contribution in [0.25, 0.3) is 0 Å². The van der Waals surface area contributed by atoms with E-state index in [1.807, 2.05) is 0 Å². The zero-order valence-corrected chi connectivity index (χ0v) is 6.47. The SMILES string of the molecule is COC(=O)c1cc(F)nc(F)c1F. The average Bonchev–Trinajstić information content (AvgIpc) is 2.10. The molecular weight excluding hydrogens is 187 g/mol. The molecular formula is C7H4F3NO2. The number of methoxy groups -OCH3 is 1. The molecule has 1 aromatic heterocycles. The summed E-state index contributed by atoms with van der Waals surface area (Å²) in [6.45, 7) is 0. The molecule has 0 fully saturated rings. The van der Waals surface area contributed by atoms with Gasteiger partial charge in [-0.05, 0) is 0 Å². The number of carbonyl (C=O) groups excluding carboxylic acids is 1. The normalized spacial score (nSPS) is 9.85. The van der Waals surface area contributed by atoms with Gasteiger partial charge >= 0.3 is 5.97 Å². The molecule has 6 heteroatoms. The average molecular weight is 191 g/mol. The van der Waals surface area contributed by atoms with Crippen molar-refractivity contribution < 1.29 is 22.7 Å². The molecule has 0 saturated carbocycles. The van der Waals surface area contributed by atoms with Crippen LogP contribution in [0.3, 0.4) is 0 Å². The fourth-order valence-electron chi connectivity index (χ4n) is 0.727. The maximum absolute atomic E-state index is 12.7. The Hall–Kier alpha value is -1.59. The summed E-state index contributed by atoms with van der Waals surface area (Å²) in [4.78, 5) is 13.2. The minimum absolute atomic E-state index is 0.463. The molecule has 0 saturated heterocycles. The molecule has 13 heavy (non-hydrogen) atoms. The molecule has 3 nitrogen and oxygen atoms in total. The van der Waals surface area contributed by atoms with Crippen molar-refractivity contribution >= 4 is 5.97 Å². The van der Waals surface area contributed by atoms with Crippen molar-refractivity contribution in [3.8, 4) is 0 Å². The van der Waals surface area contributed by atoms with Gasteiger partial charge in [0.1, 0.15) is 5.56 Å². The van der Waals surface area contributed by atoms with Gasteiger partial charge < -0.3 is 4.74 Å². The number of hydrogen-bond acceptors (Lipinski definition) is 3. The third kappa shape index (κ3) is 1.77. The third-order valence-corrected chi connectivity index (χ3v) is 1.29. The minimum atomic E-state index is -1.67. The molecule has 0 amide bonds. The van der Waals surface area contributed by atoms with E-state index in [0.717, 1.165) is 7.11 Å². The molecule has 0 N–H and O–H groups in total. The van der Waals surface area contributed by atoms with E-state index >= 15 is 0 Å². The monoisotopic (exact) mass is 191 g/mol. The van der Waals surface area contributed by atoms with E-state index in [1.54, 1.807) is 0 Å². The highest BCUT2D eigenvalue weighted by Gasteiger charge is 2.18. The maximum Gasteiger partial charge on any atom is 0.341 e. The van der Waals surface area contributed by atoms with Gasteiger partial charge in [0.15, 0.2) is 5.82 Å². The van der Waals surface area contributed by atoms with Crippen LogP contribution in [0.1, 0.15) is 10.4 Å². The van der Waals surface area contributed by atoms with Gasteiger partial charge in [0, 0.05) is 6.07 Å². The van der Waals surface area contributed by atoms with Gasteiger partial charge in [0.2, 0.25) is 5.95 Å². The largest absolute Gasteiger partial charge is 0.465 e. The molecule has 1 heterocycles. The highest BCUT2D eigenvalue weighted by Crippen LogP contribution is 2.11. The molecule has 0 aliphatic carbocycles. The van der Waals surface area contributed by atoms with Gasteiger partial charge in [0.05, 0.1) is 7.11 Å². The third-order valence-electron chi connectivity index (χ3n) is 1.29. The Balaban J connectivity index is 3.28. The van der Waals surface area contributed by atoms with Crippen LogP contribution in [0.2, 0.25) is 0 Å². The lowest BCUT2D eigenvalue weighted by atomic mass is 10.2. The van der Waals surface area contributed by atoms with Crippen molar-refractivity contribution in [1.29, 1.82) is 0 Å². The van der Waals surface area contributed by atoms with Crippen LogP contribution >= 0.6 is 0 Å². The van der Waals surface area contributed by atoms with Gasteiger partial charge in [-0.1, -0.05) is 0 Å². The minimum Gasteiger partial charge on any atom is -0.465 e. The Bertz CT molecular complexity index is 354. The van der Waals surface area contributed by atoms with Crippen molar-refractivity contribution in [2.24, 2.45) is 0 Å². The smallest absolute Gasteiger partial charge is 0.341 e. The zero-order chi connectivity index (χ0) is 10.0. The Labute approximate surface area is 71.2 Å². The molecule has 70 valence electrons. The summed E-state index contributed by atoms with van der Waals surface area (Å²) < 4.78 is 41.6. The van der Waals surface area contributed by atoms with Crippen LogP contribution in [-0.2, 0) is 4.74 Å². The van der Waals surface area contributed by atoms with Gasteiger partial charge in [-0.25, -0.2) is 9.18 Å². The van der Waals surface area contributed by atoms with E-state index in [0.29, 0.717) is 6.07 Å². The van der Waals surface area contributed by atoms with Gasteiger partial charge in [-0.3, -0.25) is 0 Å². The molecule has 1 aromatic rings. The fraction of sp³-hybridized carbons (Fsp3) is 0.143. The summed E-state index contributed by atoms with van der Waals surface area (Å²) in [5, 5.41) is 0. The molecule has 0 spiro atoms. The Kier molecular flexibility index (Phi) is 2.50. The summed E-state index contributed by atoms with van der Waals surface area (Å²) in [6, 6.07) is 0.463. The first-order chi connectivity index (χ1) is 6.06. The van der Waals surface area contributed by atoms with Crippen LogP contribution < -0.4 is 0 Å². The van der Waals surface area contributed by atoms with Crippen molar-refractivity contribution in [3.63, 3.8) is 0 Å². The van der Waals surface area contributed by atoms with Crippen LogP contribution in [0.4, 0.5) is 13.2 Å². The molecule has 0 aromatic carbocycles. The molecule has 0 aliphatic rings. The number of nitrogens with zero attached hydrogens (tertiary/aromatic N) is 1. The van der Waals surface area contributed by atoms with Crippen LogP contribution in [0.5, 0.6) is 0 Å². The predicted octanol–water partition coefficient (Wildman–Crippen LogP) is 1.29. The standard InChI is InChI=1S/C7H4F3NO2/c1-13-7(12)3-2-4(8)11-6(10)5(3)9/h2H,1H3. The number of hydrogen-bond donors (Lipinski definition) is 0. The second-order valence-electron chi connectivity index (χ2n) is 2.09. The van der Waals surface area contributed by atoms with E-state index in [2.05, 4.69) is 9.72 Å². The van der Waals surface area contributed by atoms with Gasteiger partial charge in [-0.15, -0.1) is 0 Å². The van der Waals surface area contributed by atoms with E-state index in [9.17, 15) is 18.0 Å². The van der Waals surface area contributed by atoms with Gasteiger partial charge in [0.25, 0.3) is 5.95 Å². The lowest BCUT2D eigenvalue weighted by molar-refractivity contribution is 0.0593. The number of halogens is 3. The van der Waals surface area contributed by atoms with E-state index < -0.39 is 29.2 Å². The highest BCUT2D eigenvalue weighted by atomic mass is 19.2. The molecule has 0 bridgehead atoms. The van der Waals surface area contributed by atoms with E-state index in [1.165, 1.54) is 0 Å². The summed E-state index contributed by atoms with van der Waals surface area (Å²) in [7, 11) is 0.970. The van der Waals surface area contributed by atoms with Crippen LogP contribution in [0.15, 0.2) is 6.07 Å². The Morgan fingerprint density at radius 3 is 2.62 bits per heavy atom. The molecule has 1 rings (SSSR count). The Morgan fingerprint density at radius 1 is 1.46 bits per heavy atom. The molecule has 0 atom stereocenters. The maximum atomic E-state index is 12.7. The summed E-state index contributed by atoms with van der Waals surface area (Å²) in [6.07, 6.45) is 0. The Morgan fingerprint density at radius 2 is 2.08 bits per heavy atom. The first kappa shape index (κ1) is 9.50. The van der Waals surface area contributed by atoms with Crippen molar-refractivity contribution in [1.82, 2.24) is 4.98 Å². The topological polar surface area (TPSA) is 39.2 Å². The first-order valence-corrected chi connectivity index (χ1v) is 3.16. The number of carbonyl (C=O) groups is 1. The number of ether oxygens (including phenoxy) is 1. The number of aromatic nitrogens is 1. The summed E-state index contributed by atoms with van der Waals surface area (Å²) in [5.41, 5.74) is -0.812. The molecule has 0 aliphatic heterocycles. The highest BCUT2D eigenvalue weighted by molar-refractivity contribution is 5.89. The van der Waals surface area contributed by atoms with Crippen molar-refractivity contribution in [3.05, 3.63) is 29.3 Å². The van der Waals surface area contributed by atoms with Crippen molar-refractivity contribution in [2.75, 3.05) is 7.11 Å². The number of esters is 1. The van der Waals surface area contributed by atoms with Crippen LogP contribution in [0, 0.1) is 17.7 Å². The summed E-state index contributed by atoms with van der Waals surface area (Å²) in [5.74, 6) is -5.62. The van der Waals surface area contributed by atoms with E-state index in [4.69, 9.17) is 0 Å². The molecule has 0 unspecified atom stereocenters. The number of rotatable bonds is 1. The second kappa shape index (κ2) is 3.42. The van der Waals surface area contributed by atoms with Gasteiger partial charge in [-0.2, -0.15) is 13.8 Å². The predicted molar refractivity (Wildman–Crippen MR) is 35.5 cm³/mol. The zero-order valence-electron chi connectivity index (χ0n) is 6.47. The lowest BCUT2D eigenvalue weighted by Gasteiger charge is -2.00. The lowest BCUT2D eigenvalue weighted by Crippen LogP contribution is -2.08. The number of pyridine rings is 1. The molecule has 0 radical (unpaired) electrons. The second-order valence-corrected chi connectivity index (χ2v) is 2.09. The van der Waals surface area contributed by atoms with Crippen LogP contribution in [-0.4, -0.2) is 18.1 Å². The van der Waals surface area contributed by atoms with Crippen molar-refractivity contribution in [2.45, 2.75) is 0 Å². The first-order valence-electron chi connectivity index (χ1n) is 3.16. The quantitative estimate of drug-likeness (QED) is 0.495.